The molecule has 0 radical (unpaired) electrons. The summed E-state index contributed by atoms with van der Waals surface area (Å²) in [6, 6.07) is 3.28. The minimum atomic E-state index is -3.64. The first kappa shape index (κ1) is 11.7. The Labute approximate surface area is 103 Å². The van der Waals surface area contributed by atoms with Gasteiger partial charge in [-0.25, -0.2) is 8.42 Å². The van der Waals surface area contributed by atoms with Crippen molar-refractivity contribution in [3.63, 3.8) is 0 Å². The van der Waals surface area contributed by atoms with Crippen LogP contribution in [-0.4, -0.2) is 8.42 Å². The molecule has 13 heavy (non-hydrogen) atoms. The maximum absolute atomic E-state index is 11.1. The maximum Gasteiger partial charge on any atom is 0.262 e. The summed E-state index contributed by atoms with van der Waals surface area (Å²) in [7, 11) is 1.60. The molecular weight excluding hydrogens is 390 g/mol. The monoisotopic (exact) mass is 394 g/mol. The number of hydrogen-bond donors (Lipinski definition) is 0. The normalized spacial score (nSPS) is 11.7. The van der Waals surface area contributed by atoms with Gasteiger partial charge in [0.1, 0.15) is 0 Å². The summed E-state index contributed by atoms with van der Waals surface area (Å²) in [4.78, 5) is 0.146. The van der Waals surface area contributed by atoms with E-state index in [-0.39, 0.29) is 4.90 Å². The molecule has 0 N–H and O–H groups in total. The molecule has 0 fully saturated rings. The predicted molar refractivity (Wildman–Crippen MR) is 64.6 cm³/mol. The summed E-state index contributed by atoms with van der Waals surface area (Å²) in [6.45, 7) is 1.89. The van der Waals surface area contributed by atoms with Gasteiger partial charge in [0.15, 0.2) is 0 Å². The van der Waals surface area contributed by atoms with Crippen LogP contribution < -0.4 is 0 Å². The minimum absolute atomic E-state index is 0.146. The maximum atomic E-state index is 11.1. The van der Waals surface area contributed by atoms with Crippen LogP contribution in [-0.2, 0) is 9.05 Å². The number of hydrogen-bond acceptors (Lipinski definition) is 2. The molecule has 0 aliphatic carbocycles. The Morgan fingerprint density at radius 3 is 2.46 bits per heavy atom. The van der Waals surface area contributed by atoms with Crippen molar-refractivity contribution in [3.8, 4) is 0 Å². The van der Waals surface area contributed by atoms with E-state index in [0.29, 0.717) is 3.57 Å². The van der Waals surface area contributed by atoms with Gasteiger partial charge in [0.2, 0.25) is 0 Å². The molecule has 0 spiro atoms. The molecule has 0 aromatic heterocycles. The van der Waals surface area contributed by atoms with Crippen molar-refractivity contribution in [2.75, 3.05) is 0 Å². The molecule has 0 bridgehead atoms. The summed E-state index contributed by atoms with van der Waals surface area (Å²) in [5.74, 6) is 0. The van der Waals surface area contributed by atoms with Gasteiger partial charge in [-0.1, -0.05) is 15.9 Å². The zero-order valence-electron chi connectivity index (χ0n) is 6.51. The highest BCUT2D eigenvalue weighted by Crippen LogP contribution is 2.28. The van der Waals surface area contributed by atoms with Crippen LogP contribution >= 0.6 is 49.2 Å². The van der Waals surface area contributed by atoms with Gasteiger partial charge in [-0.15, -0.1) is 0 Å². The van der Waals surface area contributed by atoms with Crippen LogP contribution in [0.4, 0.5) is 0 Å². The zero-order chi connectivity index (χ0) is 10.2. The average Bonchev–Trinajstić information content (AvgIpc) is 1.94. The lowest BCUT2D eigenvalue weighted by Gasteiger charge is -2.03. The molecule has 0 unspecified atom stereocenters. The lowest BCUT2D eigenvalue weighted by molar-refractivity contribution is 0.609. The molecule has 1 rings (SSSR count). The van der Waals surface area contributed by atoms with Gasteiger partial charge in [-0.3, -0.25) is 0 Å². The summed E-state index contributed by atoms with van der Waals surface area (Å²) >= 11 is 5.19. The van der Waals surface area contributed by atoms with E-state index in [0.717, 1.165) is 10.0 Å². The summed E-state index contributed by atoms with van der Waals surface area (Å²) < 4.78 is 23.5. The molecule has 1 aromatic rings. The molecule has 0 aliphatic heterocycles. The Morgan fingerprint density at radius 1 is 1.46 bits per heavy atom. The Hall–Kier alpha value is 0.670. The molecule has 72 valence electrons. The molecule has 0 saturated carbocycles. The average molecular weight is 395 g/mol. The summed E-state index contributed by atoms with van der Waals surface area (Å²) in [5, 5.41) is 0. The quantitative estimate of drug-likeness (QED) is 0.540. The van der Waals surface area contributed by atoms with E-state index in [2.05, 4.69) is 15.9 Å². The Bertz CT molecular complexity index is 444. The Morgan fingerprint density at radius 2 is 2.00 bits per heavy atom. The summed E-state index contributed by atoms with van der Waals surface area (Å²) in [5.41, 5.74) is 0.980. The van der Waals surface area contributed by atoms with Crippen LogP contribution in [0.2, 0.25) is 0 Å². The molecular formula is C7H5BrClIO2S. The van der Waals surface area contributed by atoms with E-state index >= 15 is 0 Å². The molecule has 1 aromatic carbocycles. The highest BCUT2D eigenvalue weighted by atomic mass is 127. The third-order valence-corrected chi connectivity index (χ3v) is 4.95. The van der Waals surface area contributed by atoms with Crippen LogP contribution in [0.3, 0.4) is 0 Å². The van der Waals surface area contributed by atoms with Crippen molar-refractivity contribution < 1.29 is 8.42 Å². The minimum Gasteiger partial charge on any atom is -0.207 e. The fourth-order valence-corrected chi connectivity index (χ4v) is 4.13. The standard InChI is InChI=1S/C7H5BrClIO2S/c1-4-2-6(10)7(3-5(4)8)13(9,11)12/h2-3H,1H3. The van der Waals surface area contributed by atoms with Crippen LogP contribution in [0.1, 0.15) is 5.56 Å². The first-order valence-corrected chi connectivity index (χ1v) is 7.41. The first-order chi connectivity index (χ1) is 5.82. The second-order valence-corrected chi connectivity index (χ2v) is 7.02. The van der Waals surface area contributed by atoms with E-state index in [1.165, 1.54) is 6.07 Å². The van der Waals surface area contributed by atoms with Crippen molar-refractivity contribution in [2.24, 2.45) is 0 Å². The van der Waals surface area contributed by atoms with Gasteiger partial charge >= 0.3 is 0 Å². The van der Waals surface area contributed by atoms with Crippen molar-refractivity contribution in [1.82, 2.24) is 0 Å². The molecule has 0 heterocycles. The fraction of sp³-hybridized carbons (Fsp3) is 0.143. The SMILES string of the molecule is Cc1cc(I)c(S(=O)(=O)Cl)cc1Br. The largest absolute Gasteiger partial charge is 0.262 e. The molecule has 0 aliphatic rings. The lowest BCUT2D eigenvalue weighted by Crippen LogP contribution is -1.95. The van der Waals surface area contributed by atoms with Crippen molar-refractivity contribution in [1.29, 1.82) is 0 Å². The highest BCUT2D eigenvalue weighted by molar-refractivity contribution is 14.1. The Kier molecular flexibility index (Phi) is 3.65. The van der Waals surface area contributed by atoms with Gasteiger partial charge < -0.3 is 0 Å². The van der Waals surface area contributed by atoms with E-state index < -0.39 is 9.05 Å². The van der Waals surface area contributed by atoms with Crippen molar-refractivity contribution in [2.45, 2.75) is 11.8 Å². The number of halogens is 3. The molecule has 0 amide bonds. The van der Waals surface area contributed by atoms with Gasteiger partial charge in [-0.2, -0.15) is 0 Å². The molecule has 0 atom stereocenters. The molecule has 6 heteroatoms. The van der Waals surface area contributed by atoms with Gasteiger partial charge in [0.25, 0.3) is 9.05 Å². The lowest BCUT2D eigenvalue weighted by atomic mass is 10.2. The number of aryl methyl sites for hydroxylation is 1. The van der Waals surface area contributed by atoms with Crippen LogP contribution in [0.25, 0.3) is 0 Å². The second kappa shape index (κ2) is 4.04. The van der Waals surface area contributed by atoms with Crippen molar-refractivity contribution >= 4 is 58.3 Å². The van der Waals surface area contributed by atoms with Crippen LogP contribution in [0, 0.1) is 10.5 Å². The third-order valence-electron chi connectivity index (χ3n) is 1.48. The topological polar surface area (TPSA) is 34.1 Å². The number of benzene rings is 1. The van der Waals surface area contributed by atoms with E-state index in [1.54, 1.807) is 6.07 Å². The summed E-state index contributed by atoms with van der Waals surface area (Å²) in [6.07, 6.45) is 0. The third kappa shape index (κ3) is 2.81. The van der Waals surface area contributed by atoms with Gasteiger partial charge in [0, 0.05) is 18.7 Å². The van der Waals surface area contributed by atoms with Gasteiger partial charge in [0.05, 0.1) is 4.90 Å². The van der Waals surface area contributed by atoms with Crippen molar-refractivity contribution in [3.05, 3.63) is 25.7 Å². The highest BCUT2D eigenvalue weighted by Gasteiger charge is 2.15. The number of rotatable bonds is 1. The van der Waals surface area contributed by atoms with Crippen LogP contribution in [0.5, 0.6) is 0 Å². The van der Waals surface area contributed by atoms with E-state index in [4.69, 9.17) is 10.7 Å². The molecule has 0 saturated heterocycles. The van der Waals surface area contributed by atoms with Gasteiger partial charge in [-0.05, 0) is 47.2 Å². The first-order valence-electron chi connectivity index (χ1n) is 3.22. The Balaban J connectivity index is 3.50. The smallest absolute Gasteiger partial charge is 0.207 e. The predicted octanol–water partition coefficient (Wildman–Crippen LogP) is 3.29. The van der Waals surface area contributed by atoms with Crippen LogP contribution in [0.15, 0.2) is 21.5 Å². The van der Waals surface area contributed by atoms with E-state index in [1.807, 2.05) is 29.5 Å². The second-order valence-electron chi connectivity index (χ2n) is 2.47. The fourth-order valence-electron chi connectivity index (χ4n) is 0.815. The zero-order valence-corrected chi connectivity index (χ0v) is 11.8. The van der Waals surface area contributed by atoms with E-state index in [9.17, 15) is 8.42 Å². The molecule has 2 nitrogen and oxygen atoms in total.